The average molecular weight is 498 g/mol. The Morgan fingerprint density at radius 1 is 0.436 bits per heavy atom. The van der Waals surface area contributed by atoms with E-state index in [2.05, 4.69) is 127 Å². The van der Waals surface area contributed by atoms with E-state index in [4.69, 9.17) is 9.40 Å². The lowest BCUT2D eigenvalue weighted by Gasteiger charge is -2.12. The third-order valence-corrected chi connectivity index (χ3v) is 7.61. The topological polar surface area (TPSA) is 26.0 Å². The van der Waals surface area contributed by atoms with Gasteiger partial charge in [0.05, 0.1) is 11.4 Å². The van der Waals surface area contributed by atoms with E-state index < -0.39 is 0 Å². The third kappa shape index (κ3) is 3.61. The summed E-state index contributed by atoms with van der Waals surface area (Å²) in [5, 5.41) is 7.08. The average Bonchev–Trinajstić information content (AvgIpc) is 3.38. The maximum Gasteiger partial charge on any atom is 0.143 e. The third-order valence-electron chi connectivity index (χ3n) is 7.61. The quantitative estimate of drug-likeness (QED) is 0.243. The van der Waals surface area contributed by atoms with Crippen LogP contribution < -0.4 is 0 Å². The Balaban J connectivity index is 1.48. The normalized spacial score (nSPS) is 11.6. The van der Waals surface area contributed by atoms with Crippen molar-refractivity contribution in [3.63, 3.8) is 0 Å². The minimum atomic E-state index is 0.905. The van der Waals surface area contributed by atoms with Gasteiger partial charge in [0.15, 0.2) is 0 Å². The van der Waals surface area contributed by atoms with Gasteiger partial charge in [0.1, 0.15) is 11.2 Å². The molecule has 0 unspecified atom stereocenters. The maximum absolute atomic E-state index is 6.72. The van der Waals surface area contributed by atoms with Crippen molar-refractivity contribution in [1.29, 1.82) is 0 Å². The summed E-state index contributed by atoms with van der Waals surface area (Å²) in [7, 11) is 0. The Hall–Kier alpha value is -5.21. The van der Waals surface area contributed by atoms with Crippen LogP contribution >= 0.6 is 0 Å². The van der Waals surface area contributed by atoms with Gasteiger partial charge in [-0.1, -0.05) is 109 Å². The molecule has 6 aromatic carbocycles. The van der Waals surface area contributed by atoms with Crippen LogP contribution in [0.4, 0.5) is 0 Å². The van der Waals surface area contributed by atoms with Crippen LogP contribution in [0.1, 0.15) is 0 Å². The molecular weight excluding hydrogens is 474 g/mol. The molecule has 8 rings (SSSR count). The standard InChI is InChI=1S/C37H23NO/c1-3-11-24(12-4-1)33-21-29(22-34(38-33)25-13-5-2-6-14-25)31-20-28-17-9-10-18-30(28)36-32-19-26-15-7-8-16-27(26)23-35(32)39-37(31)36/h1-23H. The molecule has 2 heterocycles. The number of furan rings is 1. The van der Waals surface area contributed by atoms with Gasteiger partial charge < -0.3 is 4.42 Å². The number of aromatic nitrogens is 1. The fraction of sp³-hybridized carbons (Fsp3) is 0. The SMILES string of the molecule is c1ccc(-c2cc(-c3cc4ccccc4c4c3oc3cc5ccccc5cc34)cc(-c3ccccc3)n2)cc1. The maximum atomic E-state index is 6.72. The highest BCUT2D eigenvalue weighted by atomic mass is 16.3. The first-order valence-corrected chi connectivity index (χ1v) is 13.2. The molecule has 2 heteroatoms. The van der Waals surface area contributed by atoms with Gasteiger partial charge in [-0.3, -0.25) is 0 Å². The van der Waals surface area contributed by atoms with E-state index in [-0.39, 0.29) is 0 Å². The summed E-state index contributed by atoms with van der Waals surface area (Å²) in [6.07, 6.45) is 0. The number of rotatable bonds is 3. The van der Waals surface area contributed by atoms with Crippen molar-refractivity contribution in [1.82, 2.24) is 4.98 Å². The summed E-state index contributed by atoms with van der Waals surface area (Å²) in [4.78, 5) is 5.09. The van der Waals surface area contributed by atoms with Gasteiger partial charge in [-0.2, -0.15) is 0 Å². The van der Waals surface area contributed by atoms with Crippen molar-refractivity contribution < 1.29 is 4.42 Å². The zero-order chi connectivity index (χ0) is 25.8. The smallest absolute Gasteiger partial charge is 0.143 e. The van der Waals surface area contributed by atoms with Crippen molar-refractivity contribution in [2.45, 2.75) is 0 Å². The number of hydrogen-bond acceptors (Lipinski definition) is 2. The molecule has 39 heavy (non-hydrogen) atoms. The second-order valence-electron chi connectivity index (χ2n) is 10.0. The first-order valence-electron chi connectivity index (χ1n) is 13.2. The Morgan fingerprint density at radius 3 is 1.67 bits per heavy atom. The Kier molecular flexibility index (Phi) is 4.86. The van der Waals surface area contributed by atoms with Gasteiger partial charge in [0.2, 0.25) is 0 Å². The second kappa shape index (κ2) is 8.68. The van der Waals surface area contributed by atoms with E-state index >= 15 is 0 Å². The number of benzene rings is 6. The summed E-state index contributed by atoms with van der Waals surface area (Å²) < 4.78 is 6.72. The van der Waals surface area contributed by atoms with Crippen LogP contribution in [0.15, 0.2) is 144 Å². The summed E-state index contributed by atoms with van der Waals surface area (Å²) in [5.41, 5.74) is 8.02. The van der Waals surface area contributed by atoms with Crippen LogP contribution in [-0.2, 0) is 0 Å². The molecule has 2 aromatic heterocycles. The number of pyridine rings is 1. The van der Waals surface area contributed by atoms with Crippen LogP contribution in [0.5, 0.6) is 0 Å². The van der Waals surface area contributed by atoms with E-state index in [9.17, 15) is 0 Å². The molecule has 182 valence electrons. The van der Waals surface area contributed by atoms with E-state index in [1.54, 1.807) is 0 Å². The van der Waals surface area contributed by atoms with Gasteiger partial charge in [-0.25, -0.2) is 4.98 Å². The molecule has 0 atom stereocenters. The predicted molar refractivity (Wildman–Crippen MR) is 163 cm³/mol. The fourth-order valence-corrected chi connectivity index (χ4v) is 5.73. The lowest BCUT2D eigenvalue weighted by atomic mass is 9.94. The number of fused-ring (bicyclic) bond motifs is 6. The van der Waals surface area contributed by atoms with Crippen LogP contribution in [0.25, 0.3) is 77.1 Å². The molecule has 0 aliphatic rings. The van der Waals surface area contributed by atoms with Gasteiger partial charge >= 0.3 is 0 Å². The van der Waals surface area contributed by atoms with Crippen molar-refractivity contribution in [3.8, 4) is 33.6 Å². The van der Waals surface area contributed by atoms with Crippen molar-refractivity contribution in [2.75, 3.05) is 0 Å². The monoisotopic (exact) mass is 497 g/mol. The highest BCUT2D eigenvalue weighted by Crippen LogP contribution is 2.43. The highest BCUT2D eigenvalue weighted by Gasteiger charge is 2.18. The lowest BCUT2D eigenvalue weighted by Crippen LogP contribution is -1.91. The number of hydrogen-bond donors (Lipinski definition) is 0. The van der Waals surface area contributed by atoms with Crippen molar-refractivity contribution in [3.05, 3.63) is 140 Å². The van der Waals surface area contributed by atoms with Gasteiger partial charge in [0, 0.05) is 27.5 Å². The summed E-state index contributed by atoms with van der Waals surface area (Å²) in [5.74, 6) is 0. The Bertz CT molecular complexity index is 2100. The molecule has 8 aromatic rings. The van der Waals surface area contributed by atoms with Crippen molar-refractivity contribution >= 4 is 43.5 Å². The van der Waals surface area contributed by atoms with Gasteiger partial charge in [0.25, 0.3) is 0 Å². The zero-order valence-electron chi connectivity index (χ0n) is 21.1. The largest absolute Gasteiger partial charge is 0.455 e. The number of nitrogens with zero attached hydrogens (tertiary/aromatic N) is 1. The molecule has 0 amide bonds. The van der Waals surface area contributed by atoms with E-state index in [1.807, 2.05) is 12.1 Å². The lowest BCUT2D eigenvalue weighted by molar-refractivity contribution is 0.671. The Morgan fingerprint density at radius 2 is 1.00 bits per heavy atom. The van der Waals surface area contributed by atoms with E-state index in [1.165, 1.54) is 21.5 Å². The van der Waals surface area contributed by atoms with Crippen LogP contribution in [-0.4, -0.2) is 4.98 Å². The van der Waals surface area contributed by atoms with Gasteiger partial charge in [-0.15, -0.1) is 0 Å². The van der Waals surface area contributed by atoms with Crippen LogP contribution in [0, 0.1) is 0 Å². The fourth-order valence-electron chi connectivity index (χ4n) is 5.73. The molecule has 0 fully saturated rings. The van der Waals surface area contributed by atoms with Crippen molar-refractivity contribution in [2.24, 2.45) is 0 Å². The first-order chi connectivity index (χ1) is 19.3. The van der Waals surface area contributed by atoms with E-state index in [0.29, 0.717) is 0 Å². The Labute approximate surface area is 225 Å². The molecule has 0 aliphatic carbocycles. The zero-order valence-corrected chi connectivity index (χ0v) is 21.1. The summed E-state index contributed by atoms with van der Waals surface area (Å²) >= 11 is 0. The minimum absolute atomic E-state index is 0.905. The molecule has 0 saturated carbocycles. The van der Waals surface area contributed by atoms with E-state index in [0.717, 1.165) is 55.6 Å². The molecule has 0 radical (unpaired) electrons. The van der Waals surface area contributed by atoms with Crippen LogP contribution in [0.2, 0.25) is 0 Å². The second-order valence-corrected chi connectivity index (χ2v) is 10.0. The molecule has 0 saturated heterocycles. The predicted octanol–water partition coefficient (Wildman–Crippen LogP) is 10.3. The summed E-state index contributed by atoms with van der Waals surface area (Å²) in [6.45, 7) is 0. The molecule has 0 aliphatic heterocycles. The molecule has 0 bridgehead atoms. The minimum Gasteiger partial charge on any atom is -0.455 e. The summed E-state index contributed by atoms with van der Waals surface area (Å²) in [6, 6.07) is 48.9. The highest BCUT2D eigenvalue weighted by molar-refractivity contribution is 6.24. The molecule has 2 nitrogen and oxygen atoms in total. The molecule has 0 spiro atoms. The van der Waals surface area contributed by atoms with Crippen LogP contribution in [0.3, 0.4) is 0 Å². The first kappa shape index (κ1) is 21.8. The van der Waals surface area contributed by atoms with Gasteiger partial charge in [-0.05, 0) is 57.4 Å². The molecule has 0 N–H and O–H groups in total. The molecular formula is C37H23NO.